The average molecular weight is 276 g/mol. The smallest absolute Gasteiger partial charge is 0.0431 e. The van der Waals surface area contributed by atoms with Crippen LogP contribution in [0, 0.1) is 6.92 Å². The molecule has 0 amide bonds. The number of aliphatic hydroxyl groups is 1. The molecule has 1 N–H and O–H groups in total. The number of unbranched alkanes of at least 4 members (excludes halogenated alkanes) is 9. The summed E-state index contributed by atoms with van der Waals surface area (Å²) < 4.78 is 0. The first-order valence-electron chi connectivity index (χ1n) is 8.49. The molecule has 1 nitrogen and oxygen atoms in total. The third kappa shape index (κ3) is 9.14. The highest BCUT2D eigenvalue weighted by Gasteiger charge is 1.95. The van der Waals surface area contributed by atoms with E-state index in [2.05, 4.69) is 31.2 Å². The minimum Gasteiger partial charge on any atom is -0.396 e. The molecule has 1 aromatic carbocycles. The maximum atomic E-state index is 8.69. The molecule has 0 fully saturated rings. The van der Waals surface area contributed by atoms with Gasteiger partial charge < -0.3 is 5.11 Å². The van der Waals surface area contributed by atoms with Crippen molar-refractivity contribution in [3.63, 3.8) is 0 Å². The minimum absolute atomic E-state index is 0.362. The van der Waals surface area contributed by atoms with Gasteiger partial charge in [0.25, 0.3) is 0 Å². The summed E-state index contributed by atoms with van der Waals surface area (Å²) >= 11 is 0. The van der Waals surface area contributed by atoms with E-state index in [0.29, 0.717) is 6.61 Å². The van der Waals surface area contributed by atoms with E-state index in [0.717, 1.165) is 6.42 Å². The highest BCUT2D eigenvalue weighted by atomic mass is 16.2. The third-order valence-electron chi connectivity index (χ3n) is 3.99. The van der Waals surface area contributed by atoms with Crippen LogP contribution in [-0.4, -0.2) is 11.7 Å². The summed E-state index contributed by atoms with van der Waals surface area (Å²) in [4.78, 5) is 0. The van der Waals surface area contributed by atoms with Crippen molar-refractivity contribution in [3.8, 4) is 0 Å². The Morgan fingerprint density at radius 1 is 0.650 bits per heavy atom. The van der Waals surface area contributed by atoms with Crippen LogP contribution in [-0.2, 0) is 6.42 Å². The van der Waals surface area contributed by atoms with E-state index < -0.39 is 0 Å². The Kier molecular flexibility index (Phi) is 10.3. The number of aryl methyl sites for hydroxylation is 2. The van der Waals surface area contributed by atoms with Gasteiger partial charge in [-0.2, -0.15) is 0 Å². The fraction of sp³-hybridized carbons (Fsp3) is 0.684. The lowest BCUT2D eigenvalue weighted by atomic mass is 10.0. The lowest BCUT2D eigenvalue weighted by Gasteiger charge is -2.03. The second-order valence-corrected chi connectivity index (χ2v) is 5.99. The predicted octanol–water partition coefficient (Wildman–Crippen LogP) is 5.43. The maximum absolute atomic E-state index is 8.69. The van der Waals surface area contributed by atoms with Crippen LogP contribution in [0.1, 0.15) is 75.3 Å². The summed E-state index contributed by atoms with van der Waals surface area (Å²) in [6.07, 6.45) is 14.3. The Morgan fingerprint density at radius 3 is 1.60 bits per heavy atom. The molecular weight excluding hydrogens is 244 g/mol. The molecule has 0 atom stereocenters. The van der Waals surface area contributed by atoms with E-state index in [4.69, 9.17) is 5.11 Å². The largest absolute Gasteiger partial charge is 0.396 e. The highest BCUT2D eigenvalue weighted by Crippen LogP contribution is 2.12. The normalized spacial score (nSPS) is 10.9. The Balaban J connectivity index is 1.84. The summed E-state index contributed by atoms with van der Waals surface area (Å²) in [7, 11) is 0. The van der Waals surface area contributed by atoms with E-state index in [1.807, 2.05) is 0 Å². The zero-order valence-corrected chi connectivity index (χ0v) is 13.2. The molecule has 0 spiro atoms. The molecule has 1 rings (SSSR count). The zero-order valence-electron chi connectivity index (χ0n) is 13.2. The number of hydrogen-bond donors (Lipinski definition) is 1. The van der Waals surface area contributed by atoms with E-state index in [-0.39, 0.29) is 0 Å². The Morgan fingerprint density at radius 2 is 1.10 bits per heavy atom. The van der Waals surface area contributed by atoms with Crippen LogP contribution < -0.4 is 0 Å². The van der Waals surface area contributed by atoms with E-state index >= 15 is 0 Å². The van der Waals surface area contributed by atoms with Crippen molar-refractivity contribution >= 4 is 0 Å². The van der Waals surface area contributed by atoms with Gasteiger partial charge in [0.2, 0.25) is 0 Å². The summed E-state index contributed by atoms with van der Waals surface area (Å²) in [6, 6.07) is 8.96. The molecule has 20 heavy (non-hydrogen) atoms. The molecule has 0 radical (unpaired) electrons. The number of aliphatic hydroxyl groups excluding tert-OH is 1. The van der Waals surface area contributed by atoms with Crippen LogP contribution >= 0.6 is 0 Å². The van der Waals surface area contributed by atoms with E-state index in [9.17, 15) is 0 Å². The van der Waals surface area contributed by atoms with Gasteiger partial charge in [0.15, 0.2) is 0 Å². The summed E-state index contributed by atoms with van der Waals surface area (Å²) in [5.41, 5.74) is 2.84. The van der Waals surface area contributed by atoms with Gasteiger partial charge in [-0.25, -0.2) is 0 Å². The fourth-order valence-electron chi connectivity index (χ4n) is 2.61. The predicted molar refractivity (Wildman–Crippen MR) is 88.1 cm³/mol. The van der Waals surface area contributed by atoms with Crippen LogP contribution in [0.15, 0.2) is 24.3 Å². The van der Waals surface area contributed by atoms with Crippen molar-refractivity contribution in [3.05, 3.63) is 35.4 Å². The first kappa shape index (κ1) is 17.2. The first-order chi connectivity index (χ1) is 9.83. The van der Waals surface area contributed by atoms with Crippen molar-refractivity contribution < 1.29 is 5.11 Å². The van der Waals surface area contributed by atoms with Gasteiger partial charge >= 0.3 is 0 Å². The number of benzene rings is 1. The highest BCUT2D eigenvalue weighted by molar-refractivity contribution is 5.21. The molecule has 0 bridgehead atoms. The van der Waals surface area contributed by atoms with E-state index in [1.165, 1.54) is 75.3 Å². The molecule has 114 valence electrons. The molecular formula is C19H32O. The molecule has 1 heteroatoms. The van der Waals surface area contributed by atoms with Crippen molar-refractivity contribution in [2.24, 2.45) is 0 Å². The van der Waals surface area contributed by atoms with Crippen molar-refractivity contribution in [2.45, 2.75) is 77.6 Å². The van der Waals surface area contributed by atoms with Gasteiger partial charge in [-0.3, -0.25) is 0 Å². The average Bonchev–Trinajstić information content (AvgIpc) is 2.47. The van der Waals surface area contributed by atoms with Gasteiger partial charge in [-0.1, -0.05) is 81.2 Å². The zero-order chi connectivity index (χ0) is 14.5. The molecule has 0 saturated heterocycles. The van der Waals surface area contributed by atoms with Crippen LogP contribution in [0.4, 0.5) is 0 Å². The Bertz CT molecular complexity index is 315. The minimum atomic E-state index is 0.362. The summed E-state index contributed by atoms with van der Waals surface area (Å²) in [5.74, 6) is 0. The molecule has 1 aromatic rings. The molecule has 0 heterocycles. The molecule has 0 aromatic heterocycles. The van der Waals surface area contributed by atoms with Crippen LogP contribution in [0.25, 0.3) is 0 Å². The maximum Gasteiger partial charge on any atom is 0.0431 e. The van der Waals surface area contributed by atoms with Crippen LogP contribution in [0.5, 0.6) is 0 Å². The molecule has 0 unspecified atom stereocenters. The monoisotopic (exact) mass is 276 g/mol. The van der Waals surface area contributed by atoms with Crippen molar-refractivity contribution in [2.75, 3.05) is 6.61 Å². The molecule has 0 saturated carbocycles. The SMILES string of the molecule is Cc1ccc(CCCCCCCCCCCCO)cc1. The number of hydrogen-bond acceptors (Lipinski definition) is 1. The quantitative estimate of drug-likeness (QED) is 0.505. The summed E-state index contributed by atoms with van der Waals surface area (Å²) in [5, 5.41) is 8.69. The van der Waals surface area contributed by atoms with Gasteiger partial charge in [-0.15, -0.1) is 0 Å². The van der Waals surface area contributed by atoms with Gasteiger partial charge in [0.05, 0.1) is 0 Å². The molecule has 0 aliphatic carbocycles. The molecule has 0 aliphatic rings. The van der Waals surface area contributed by atoms with Crippen LogP contribution in [0.3, 0.4) is 0 Å². The lowest BCUT2D eigenvalue weighted by Crippen LogP contribution is -1.87. The standard InChI is InChI=1S/C19H32O/c1-18-13-15-19(16-14-18)12-10-8-6-4-2-3-5-7-9-11-17-20/h13-16,20H,2-12,17H2,1H3. The Labute approximate surface area is 125 Å². The topological polar surface area (TPSA) is 20.2 Å². The second kappa shape index (κ2) is 12.0. The van der Waals surface area contributed by atoms with E-state index in [1.54, 1.807) is 0 Å². The van der Waals surface area contributed by atoms with Crippen molar-refractivity contribution in [1.82, 2.24) is 0 Å². The Hall–Kier alpha value is -0.820. The van der Waals surface area contributed by atoms with Gasteiger partial charge in [0.1, 0.15) is 0 Å². The second-order valence-electron chi connectivity index (χ2n) is 5.99. The fourth-order valence-corrected chi connectivity index (χ4v) is 2.61. The third-order valence-corrected chi connectivity index (χ3v) is 3.99. The van der Waals surface area contributed by atoms with Crippen molar-refractivity contribution in [1.29, 1.82) is 0 Å². The summed E-state index contributed by atoms with van der Waals surface area (Å²) in [6.45, 7) is 2.51. The lowest BCUT2D eigenvalue weighted by molar-refractivity contribution is 0.282. The van der Waals surface area contributed by atoms with Gasteiger partial charge in [0, 0.05) is 6.61 Å². The number of rotatable bonds is 12. The van der Waals surface area contributed by atoms with Crippen LogP contribution in [0.2, 0.25) is 0 Å². The van der Waals surface area contributed by atoms with Gasteiger partial charge in [-0.05, 0) is 31.7 Å². The molecule has 0 aliphatic heterocycles. The first-order valence-corrected chi connectivity index (χ1v) is 8.49.